The molecule has 0 unspecified atom stereocenters. The first kappa shape index (κ1) is 20.2. The Morgan fingerprint density at radius 3 is 2.33 bits per heavy atom. The van der Waals surface area contributed by atoms with Crippen molar-refractivity contribution < 1.29 is 27.9 Å². The van der Waals surface area contributed by atoms with E-state index in [1.165, 1.54) is 44.4 Å². The van der Waals surface area contributed by atoms with Crippen molar-refractivity contribution >= 4 is 27.6 Å². The van der Waals surface area contributed by atoms with E-state index in [1.54, 1.807) is 12.1 Å². The summed E-state index contributed by atoms with van der Waals surface area (Å²) in [5, 5.41) is 11.6. The number of benzene rings is 2. The topological polar surface area (TPSA) is 122 Å². The molecule has 0 heterocycles. The van der Waals surface area contributed by atoms with Gasteiger partial charge in [0.2, 0.25) is 5.91 Å². The van der Waals surface area contributed by atoms with Crippen LogP contribution < -0.4 is 14.8 Å². The highest BCUT2D eigenvalue weighted by Crippen LogP contribution is 2.27. The molecule has 0 saturated heterocycles. The minimum atomic E-state index is -3.96. The fraction of sp³-hybridized carbons (Fsp3) is 0.222. The molecule has 0 atom stereocenters. The number of hydrogen-bond acceptors (Lipinski definition) is 5. The molecule has 27 heavy (non-hydrogen) atoms. The minimum Gasteiger partial charge on any atom is -0.495 e. The summed E-state index contributed by atoms with van der Waals surface area (Å²) in [5.74, 6) is -1.09. The highest BCUT2D eigenvalue weighted by atomic mass is 32.2. The quantitative estimate of drug-likeness (QED) is 0.630. The van der Waals surface area contributed by atoms with Gasteiger partial charge in [-0.1, -0.05) is 6.07 Å². The van der Waals surface area contributed by atoms with Gasteiger partial charge >= 0.3 is 5.97 Å². The number of hydrogen-bond donors (Lipinski definition) is 3. The summed E-state index contributed by atoms with van der Waals surface area (Å²) >= 11 is 0. The van der Waals surface area contributed by atoms with Gasteiger partial charge in [-0.2, -0.15) is 0 Å². The molecule has 0 bridgehead atoms. The second-order valence-electron chi connectivity index (χ2n) is 5.71. The molecule has 8 nitrogen and oxygen atoms in total. The van der Waals surface area contributed by atoms with Crippen molar-refractivity contribution in [1.82, 2.24) is 5.32 Å². The van der Waals surface area contributed by atoms with E-state index in [-0.39, 0.29) is 27.8 Å². The lowest BCUT2D eigenvalue weighted by Gasteiger charge is -2.13. The molecule has 2 aromatic carbocycles. The van der Waals surface area contributed by atoms with Crippen LogP contribution in [0.5, 0.6) is 5.75 Å². The summed E-state index contributed by atoms with van der Waals surface area (Å²) in [6.45, 7) is 1.79. The monoisotopic (exact) mass is 392 g/mol. The number of ether oxygens (including phenoxy) is 1. The van der Waals surface area contributed by atoms with Gasteiger partial charge in [0, 0.05) is 19.2 Å². The molecule has 0 aromatic heterocycles. The third-order valence-electron chi connectivity index (χ3n) is 3.69. The lowest BCUT2D eigenvalue weighted by molar-refractivity contribution is -0.118. The van der Waals surface area contributed by atoms with Crippen LogP contribution in [-0.2, 0) is 21.2 Å². The second-order valence-corrected chi connectivity index (χ2v) is 7.36. The number of carbonyl (C=O) groups is 2. The second kappa shape index (κ2) is 8.54. The molecule has 0 aliphatic rings. The molecule has 0 aliphatic carbocycles. The largest absolute Gasteiger partial charge is 0.495 e. The van der Waals surface area contributed by atoms with Crippen molar-refractivity contribution in [2.45, 2.75) is 18.2 Å². The van der Waals surface area contributed by atoms with Crippen LogP contribution >= 0.6 is 0 Å². The number of carboxylic acid groups (broad SMARTS) is 1. The average Bonchev–Trinajstić information content (AvgIpc) is 2.61. The fourth-order valence-electron chi connectivity index (χ4n) is 2.36. The third kappa shape index (κ3) is 5.45. The maximum atomic E-state index is 12.8. The van der Waals surface area contributed by atoms with Gasteiger partial charge in [-0.15, -0.1) is 0 Å². The molecule has 0 fully saturated rings. The van der Waals surface area contributed by atoms with Crippen molar-refractivity contribution in [2.75, 3.05) is 18.4 Å². The van der Waals surface area contributed by atoms with Gasteiger partial charge in [-0.05, 0) is 48.4 Å². The smallest absolute Gasteiger partial charge is 0.335 e. The first-order valence-electron chi connectivity index (χ1n) is 8.00. The number of amides is 1. The number of carbonyl (C=O) groups excluding carboxylic acids is 1. The lowest BCUT2D eigenvalue weighted by Crippen LogP contribution is -2.22. The summed E-state index contributed by atoms with van der Waals surface area (Å²) in [6.07, 6.45) is 0.458. The van der Waals surface area contributed by atoms with Crippen molar-refractivity contribution in [2.24, 2.45) is 0 Å². The normalized spacial score (nSPS) is 10.9. The first-order chi connectivity index (χ1) is 12.7. The summed E-state index contributed by atoms with van der Waals surface area (Å²) in [7, 11) is -2.59. The van der Waals surface area contributed by atoms with Gasteiger partial charge in [0.05, 0.1) is 12.7 Å². The Hall–Kier alpha value is -3.07. The highest BCUT2D eigenvalue weighted by molar-refractivity contribution is 7.92. The molecule has 2 rings (SSSR count). The molecular formula is C18H20N2O6S. The Balaban J connectivity index is 2.26. The van der Waals surface area contributed by atoms with E-state index < -0.39 is 16.0 Å². The van der Waals surface area contributed by atoms with Gasteiger partial charge in [0.15, 0.2) is 0 Å². The summed E-state index contributed by atoms with van der Waals surface area (Å²) in [6, 6.07) is 10.1. The van der Waals surface area contributed by atoms with Crippen molar-refractivity contribution in [3.63, 3.8) is 0 Å². The van der Waals surface area contributed by atoms with Crippen LogP contribution in [0.15, 0.2) is 47.4 Å². The Bertz CT molecular complexity index is 939. The predicted octanol–water partition coefficient (Wildman–Crippen LogP) is 1.87. The molecule has 0 radical (unpaired) electrons. The molecule has 0 aliphatic heterocycles. The molecule has 0 saturated carbocycles. The molecule has 144 valence electrons. The van der Waals surface area contributed by atoms with E-state index in [0.29, 0.717) is 18.5 Å². The Morgan fingerprint density at radius 1 is 1.11 bits per heavy atom. The van der Waals surface area contributed by atoms with Crippen molar-refractivity contribution in [1.29, 1.82) is 0 Å². The van der Waals surface area contributed by atoms with Crippen LogP contribution in [0.1, 0.15) is 22.8 Å². The van der Waals surface area contributed by atoms with Crippen LogP contribution in [0.4, 0.5) is 5.69 Å². The number of carboxylic acids is 1. The number of rotatable bonds is 8. The minimum absolute atomic E-state index is 0.0485. The van der Waals surface area contributed by atoms with Gasteiger partial charge < -0.3 is 15.2 Å². The SMILES string of the molecule is COc1ccc(CCNC(C)=O)cc1S(=O)(=O)Nc1ccc(C(=O)O)cc1. The number of anilines is 1. The number of nitrogens with one attached hydrogen (secondary N) is 2. The summed E-state index contributed by atoms with van der Waals surface area (Å²) in [4.78, 5) is 21.8. The maximum absolute atomic E-state index is 12.8. The zero-order valence-electron chi connectivity index (χ0n) is 14.9. The standard InChI is InChI=1S/C18H20N2O6S/c1-12(21)19-10-9-13-3-8-16(26-2)17(11-13)27(24,25)20-15-6-4-14(5-7-15)18(22)23/h3-8,11,20H,9-10H2,1-2H3,(H,19,21)(H,22,23). The summed E-state index contributed by atoms with van der Waals surface area (Å²) < 4.78 is 33.1. The van der Waals surface area contributed by atoms with E-state index in [9.17, 15) is 18.0 Å². The molecule has 1 amide bonds. The van der Waals surface area contributed by atoms with Crippen LogP contribution in [0.2, 0.25) is 0 Å². The molecule has 0 spiro atoms. The zero-order chi connectivity index (χ0) is 20.0. The van der Waals surface area contributed by atoms with Crippen molar-refractivity contribution in [3.8, 4) is 5.75 Å². The third-order valence-corrected chi connectivity index (χ3v) is 5.09. The number of methoxy groups -OCH3 is 1. The van der Waals surface area contributed by atoms with E-state index >= 15 is 0 Å². The molecule has 2 aromatic rings. The Morgan fingerprint density at radius 2 is 1.78 bits per heavy atom. The molecule has 9 heteroatoms. The van der Waals surface area contributed by atoms with E-state index in [2.05, 4.69) is 10.0 Å². The average molecular weight is 392 g/mol. The first-order valence-corrected chi connectivity index (χ1v) is 9.49. The highest BCUT2D eigenvalue weighted by Gasteiger charge is 2.20. The van der Waals surface area contributed by atoms with Gasteiger partial charge in [-0.3, -0.25) is 9.52 Å². The van der Waals surface area contributed by atoms with E-state index in [0.717, 1.165) is 0 Å². The Kier molecular flexibility index (Phi) is 6.40. The van der Waals surface area contributed by atoms with Crippen LogP contribution in [0.3, 0.4) is 0 Å². The van der Waals surface area contributed by atoms with E-state index in [4.69, 9.17) is 9.84 Å². The number of sulfonamides is 1. The van der Waals surface area contributed by atoms with Gasteiger partial charge in [0.1, 0.15) is 10.6 Å². The van der Waals surface area contributed by atoms with Crippen LogP contribution in [0.25, 0.3) is 0 Å². The van der Waals surface area contributed by atoms with Crippen LogP contribution in [0, 0.1) is 0 Å². The van der Waals surface area contributed by atoms with Gasteiger partial charge in [0.25, 0.3) is 10.0 Å². The van der Waals surface area contributed by atoms with Crippen LogP contribution in [-0.4, -0.2) is 39.1 Å². The Labute approximate surface area is 157 Å². The zero-order valence-corrected chi connectivity index (χ0v) is 15.7. The van der Waals surface area contributed by atoms with Crippen molar-refractivity contribution in [3.05, 3.63) is 53.6 Å². The van der Waals surface area contributed by atoms with Gasteiger partial charge in [-0.25, -0.2) is 13.2 Å². The summed E-state index contributed by atoms with van der Waals surface area (Å²) in [5.41, 5.74) is 0.993. The molecule has 3 N–H and O–H groups in total. The maximum Gasteiger partial charge on any atom is 0.335 e. The van der Waals surface area contributed by atoms with E-state index in [1.807, 2.05) is 0 Å². The lowest BCUT2D eigenvalue weighted by atomic mass is 10.1. The molecular weight excluding hydrogens is 372 g/mol. The number of aromatic carboxylic acids is 1. The predicted molar refractivity (Wildman–Crippen MR) is 99.6 cm³/mol. The fourth-order valence-corrected chi connectivity index (χ4v) is 3.64.